The summed E-state index contributed by atoms with van der Waals surface area (Å²) in [7, 11) is 0. The lowest BCUT2D eigenvalue weighted by Crippen LogP contribution is -2.53. The topological polar surface area (TPSA) is 76.7 Å². The summed E-state index contributed by atoms with van der Waals surface area (Å²) in [6, 6.07) is 0. The van der Waals surface area contributed by atoms with Crippen molar-refractivity contribution in [3.63, 3.8) is 0 Å². The van der Waals surface area contributed by atoms with Gasteiger partial charge in [-0.15, -0.1) is 0 Å². The van der Waals surface area contributed by atoms with Crippen LogP contribution in [-0.2, 0) is 19.2 Å². The number of carbonyl (C=O) groups excluding carboxylic acids is 2. The van der Waals surface area contributed by atoms with Crippen LogP contribution in [0.25, 0.3) is 0 Å². The summed E-state index contributed by atoms with van der Waals surface area (Å²) >= 11 is 0. The zero-order chi connectivity index (χ0) is 21.6. The number of fused-ring (bicyclic) bond motifs is 5. The number of hydrogen-bond donors (Lipinski definition) is 2. The van der Waals surface area contributed by atoms with E-state index in [9.17, 15) is 9.59 Å². The molecule has 0 aromatic heterocycles. The normalized spacial score (nSPS) is 41.5. The van der Waals surface area contributed by atoms with Crippen molar-refractivity contribution in [2.45, 2.75) is 71.3 Å². The molecule has 5 aliphatic rings. The second kappa shape index (κ2) is 8.04. The third kappa shape index (κ3) is 3.56. The highest BCUT2D eigenvalue weighted by Crippen LogP contribution is 2.64. The summed E-state index contributed by atoms with van der Waals surface area (Å²) in [4.78, 5) is 30.4. The molecule has 1 saturated heterocycles. The van der Waals surface area contributed by atoms with Crippen LogP contribution in [0, 0.1) is 28.6 Å². The first-order valence-electron chi connectivity index (χ1n) is 12.1. The van der Waals surface area contributed by atoms with Crippen molar-refractivity contribution in [3.05, 3.63) is 23.4 Å². The second-order valence-electron chi connectivity index (χ2n) is 10.6. The van der Waals surface area contributed by atoms with Gasteiger partial charge in [0.1, 0.15) is 12.4 Å². The van der Waals surface area contributed by atoms with Crippen LogP contribution in [0.5, 0.6) is 0 Å². The molecule has 0 radical (unpaired) electrons. The molecule has 6 nitrogen and oxygen atoms in total. The Kier molecular flexibility index (Phi) is 5.50. The zero-order valence-electron chi connectivity index (χ0n) is 18.9. The molecule has 4 aliphatic carbocycles. The van der Waals surface area contributed by atoms with Gasteiger partial charge >= 0.3 is 5.97 Å². The molecule has 170 valence electrons. The molecule has 0 aromatic rings. The largest absolute Gasteiger partial charge is 0.465 e. The lowest BCUT2D eigenvalue weighted by atomic mass is 9.47. The lowest BCUT2D eigenvalue weighted by Gasteiger charge is -2.57. The van der Waals surface area contributed by atoms with Gasteiger partial charge in [0.2, 0.25) is 0 Å². The average Bonchev–Trinajstić information content (AvgIpc) is 3.38. The van der Waals surface area contributed by atoms with E-state index in [2.05, 4.69) is 29.9 Å². The van der Waals surface area contributed by atoms with Gasteiger partial charge in [0.05, 0.1) is 11.8 Å². The van der Waals surface area contributed by atoms with Crippen LogP contribution in [0.3, 0.4) is 0 Å². The van der Waals surface area contributed by atoms with E-state index in [4.69, 9.17) is 9.57 Å². The average molecular weight is 429 g/mol. The van der Waals surface area contributed by atoms with Crippen LogP contribution < -0.4 is 10.8 Å². The number of Topliss-reactive ketones (excluding diaryl/α,β-unsaturated/α-hetero) is 1. The summed E-state index contributed by atoms with van der Waals surface area (Å²) in [5.41, 5.74) is 5.33. The Bertz CT molecular complexity index is 814. The third-order valence-corrected chi connectivity index (χ3v) is 9.15. The fourth-order valence-corrected chi connectivity index (χ4v) is 7.43. The molecule has 0 bridgehead atoms. The van der Waals surface area contributed by atoms with Gasteiger partial charge in [-0.25, -0.2) is 0 Å². The molecular formula is C25H36N2O4. The van der Waals surface area contributed by atoms with Gasteiger partial charge in [0.25, 0.3) is 0 Å². The molecule has 4 fully saturated rings. The molecular weight excluding hydrogens is 392 g/mol. The van der Waals surface area contributed by atoms with E-state index < -0.39 is 0 Å². The van der Waals surface area contributed by atoms with E-state index in [0.717, 1.165) is 70.2 Å². The summed E-state index contributed by atoms with van der Waals surface area (Å²) in [5, 5.41) is 3.32. The summed E-state index contributed by atoms with van der Waals surface area (Å²) in [6.45, 7) is 6.05. The van der Waals surface area contributed by atoms with Gasteiger partial charge in [0.15, 0.2) is 0 Å². The molecule has 6 unspecified atom stereocenters. The van der Waals surface area contributed by atoms with E-state index >= 15 is 0 Å². The van der Waals surface area contributed by atoms with Crippen LogP contribution >= 0.6 is 0 Å². The smallest absolute Gasteiger partial charge is 0.302 e. The van der Waals surface area contributed by atoms with Crippen molar-refractivity contribution >= 4 is 11.8 Å². The maximum absolute atomic E-state index is 12.7. The van der Waals surface area contributed by atoms with Crippen LogP contribution in [-0.4, -0.2) is 37.6 Å². The highest BCUT2D eigenvalue weighted by molar-refractivity contribution is 5.87. The summed E-state index contributed by atoms with van der Waals surface area (Å²) in [6.07, 6.45) is 12.5. The van der Waals surface area contributed by atoms with Gasteiger partial charge in [-0.3, -0.25) is 19.9 Å². The van der Waals surface area contributed by atoms with E-state index in [-0.39, 0.29) is 22.9 Å². The number of carbonyl (C=O) groups is 2. The van der Waals surface area contributed by atoms with Gasteiger partial charge in [-0.1, -0.05) is 18.6 Å². The van der Waals surface area contributed by atoms with E-state index in [1.54, 1.807) is 0 Å². The van der Waals surface area contributed by atoms with Crippen LogP contribution in [0.2, 0.25) is 0 Å². The third-order valence-electron chi connectivity index (χ3n) is 9.15. The number of nitrogens with one attached hydrogen (secondary N) is 2. The first-order chi connectivity index (χ1) is 14.9. The molecule has 1 aliphatic heterocycles. The highest BCUT2D eigenvalue weighted by atomic mass is 16.7. The Hall–Kier alpha value is -1.66. The van der Waals surface area contributed by atoms with E-state index in [1.165, 1.54) is 12.5 Å². The van der Waals surface area contributed by atoms with Crippen molar-refractivity contribution in [1.82, 2.24) is 10.8 Å². The fraction of sp³-hybridized carbons (Fsp3) is 0.760. The van der Waals surface area contributed by atoms with Gasteiger partial charge < -0.3 is 10.1 Å². The van der Waals surface area contributed by atoms with E-state index in [1.807, 2.05) is 0 Å². The summed E-state index contributed by atoms with van der Waals surface area (Å²) in [5.74, 6) is 1.75. The number of rotatable bonds is 5. The predicted octanol–water partition coefficient (Wildman–Crippen LogP) is 3.44. The van der Waals surface area contributed by atoms with Crippen molar-refractivity contribution in [1.29, 1.82) is 0 Å². The van der Waals surface area contributed by atoms with Crippen molar-refractivity contribution in [2.24, 2.45) is 28.6 Å². The Morgan fingerprint density at radius 1 is 1.23 bits per heavy atom. The van der Waals surface area contributed by atoms with Crippen LogP contribution in [0.15, 0.2) is 23.4 Å². The molecule has 31 heavy (non-hydrogen) atoms. The minimum atomic E-state index is -0.211. The minimum Gasteiger partial charge on any atom is -0.465 e. The number of ketones is 1. The minimum absolute atomic E-state index is 0.134. The number of ether oxygens (including phenoxy) is 1. The molecule has 0 spiro atoms. The Labute approximate surface area is 185 Å². The van der Waals surface area contributed by atoms with Crippen molar-refractivity contribution in [3.8, 4) is 0 Å². The van der Waals surface area contributed by atoms with Crippen LogP contribution in [0.1, 0.15) is 65.2 Å². The Morgan fingerprint density at radius 3 is 2.87 bits per heavy atom. The second-order valence-corrected chi connectivity index (χ2v) is 10.6. The Balaban J connectivity index is 1.38. The number of esters is 1. The molecule has 5 rings (SSSR count). The first-order valence-corrected chi connectivity index (χ1v) is 12.1. The molecule has 0 aromatic carbocycles. The molecule has 6 atom stereocenters. The van der Waals surface area contributed by atoms with Crippen molar-refractivity contribution < 1.29 is 19.2 Å². The van der Waals surface area contributed by atoms with Crippen LogP contribution in [0.4, 0.5) is 0 Å². The van der Waals surface area contributed by atoms with Crippen molar-refractivity contribution in [2.75, 3.05) is 19.7 Å². The lowest BCUT2D eigenvalue weighted by molar-refractivity contribution is -0.149. The predicted molar refractivity (Wildman–Crippen MR) is 117 cm³/mol. The molecule has 0 amide bonds. The number of hydrogen-bond acceptors (Lipinski definition) is 6. The molecule has 3 saturated carbocycles. The van der Waals surface area contributed by atoms with Gasteiger partial charge in [0, 0.05) is 30.7 Å². The molecule has 2 N–H and O–H groups in total. The monoisotopic (exact) mass is 428 g/mol. The molecule has 6 heteroatoms. The highest BCUT2D eigenvalue weighted by Gasteiger charge is 2.60. The van der Waals surface area contributed by atoms with Gasteiger partial charge in [-0.2, -0.15) is 0 Å². The maximum Gasteiger partial charge on any atom is 0.302 e. The standard InChI is InChI=1S/C25H36N2O4/c1-16(28)30-15-25-11-7-18(27-31-19-9-12-26-14-19)13-17(25)3-4-20-21-5-6-23(29)24(21,2)10-8-22(20)25/h7,13,19-22,26-27H,3-6,8-12,14-15H2,1-2H3. The number of hydroxylamine groups is 1. The zero-order valence-corrected chi connectivity index (χ0v) is 18.9. The quantitative estimate of drug-likeness (QED) is 0.516. The number of allylic oxidation sites excluding steroid dienone is 2. The maximum atomic E-state index is 12.7. The summed E-state index contributed by atoms with van der Waals surface area (Å²) < 4.78 is 5.69. The van der Waals surface area contributed by atoms with E-state index in [0.29, 0.717) is 30.1 Å². The first kappa shape index (κ1) is 21.2. The SMILES string of the molecule is CC(=O)OCC12CC=C(NOC3CCNC3)C=C1CCC1C3CCC(=O)C3(C)CCC12. The Morgan fingerprint density at radius 2 is 2.10 bits per heavy atom. The molecule has 1 heterocycles. The fourth-order valence-electron chi connectivity index (χ4n) is 7.43. The van der Waals surface area contributed by atoms with Gasteiger partial charge in [-0.05, 0) is 75.3 Å².